The molecular weight excluding hydrogens is 432 g/mol. The second-order valence-corrected chi connectivity index (χ2v) is 8.98. The van der Waals surface area contributed by atoms with E-state index in [0.717, 1.165) is 18.5 Å². The molecular formula is C26H24N4O2S. The van der Waals surface area contributed by atoms with Gasteiger partial charge in [0.1, 0.15) is 0 Å². The van der Waals surface area contributed by atoms with Gasteiger partial charge in [0.25, 0.3) is 0 Å². The molecule has 1 aliphatic heterocycles. The molecule has 0 fully saturated rings. The highest BCUT2D eigenvalue weighted by atomic mass is 32.2. The van der Waals surface area contributed by atoms with Crippen molar-refractivity contribution in [3.63, 3.8) is 0 Å². The van der Waals surface area contributed by atoms with Gasteiger partial charge >= 0.3 is 0 Å². The van der Waals surface area contributed by atoms with Crippen molar-refractivity contribution in [3.05, 3.63) is 89.2 Å². The Morgan fingerprint density at radius 1 is 0.879 bits per heavy atom. The number of fused-ring (bicyclic) bond motifs is 3. The lowest BCUT2D eigenvalue weighted by Gasteiger charge is -2.32. The molecule has 6 nitrogen and oxygen atoms in total. The standard InChI is InChI=1S/C26H24N4O2S/c31-23-18-28-30(20-9-2-1-8-19(20)23)17-14-26(32)27-15-7-16-29-21-10-3-5-12-24(21)33-25-13-6-4-11-22(25)29/h1-6,8-13,18H,7,14-17H2,(H,27,32). The second-order valence-electron chi connectivity index (χ2n) is 7.89. The van der Waals surface area contributed by atoms with Gasteiger partial charge in [-0.25, -0.2) is 0 Å². The minimum absolute atomic E-state index is 0.0189. The van der Waals surface area contributed by atoms with Gasteiger partial charge < -0.3 is 10.2 Å². The fourth-order valence-corrected chi connectivity index (χ4v) is 5.22. The summed E-state index contributed by atoms with van der Waals surface area (Å²) in [7, 11) is 0. The number of aryl methyl sites for hydroxylation is 1. The number of benzene rings is 3. The fraction of sp³-hybridized carbons (Fsp3) is 0.192. The number of hydrogen-bond donors (Lipinski definition) is 1. The third-order valence-corrected chi connectivity index (χ3v) is 6.86. The maximum Gasteiger partial charge on any atom is 0.221 e. The highest BCUT2D eigenvalue weighted by Crippen LogP contribution is 2.47. The van der Waals surface area contributed by atoms with Crippen molar-refractivity contribution in [2.45, 2.75) is 29.2 Å². The van der Waals surface area contributed by atoms with Gasteiger partial charge in [-0.1, -0.05) is 48.2 Å². The van der Waals surface area contributed by atoms with Gasteiger partial charge in [0.15, 0.2) is 0 Å². The summed E-state index contributed by atoms with van der Waals surface area (Å²) in [5, 5.41) is 7.84. The lowest BCUT2D eigenvalue weighted by molar-refractivity contribution is -0.121. The minimum Gasteiger partial charge on any atom is -0.356 e. The van der Waals surface area contributed by atoms with E-state index in [4.69, 9.17) is 0 Å². The van der Waals surface area contributed by atoms with Crippen LogP contribution in [0.2, 0.25) is 0 Å². The number of carbonyl (C=O) groups is 1. The van der Waals surface area contributed by atoms with Gasteiger partial charge in [0.05, 0.1) is 29.6 Å². The first-order valence-corrected chi connectivity index (χ1v) is 11.9. The number of amides is 1. The van der Waals surface area contributed by atoms with Gasteiger partial charge in [-0.05, 0) is 42.8 Å². The van der Waals surface area contributed by atoms with Crippen LogP contribution in [0, 0.1) is 0 Å². The molecule has 0 unspecified atom stereocenters. The normalized spacial score (nSPS) is 12.3. The molecule has 0 bridgehead atoms. The van der Waals surface area contributed by atoms with Crippen LogP contribution in [0.3, 0.4) is 0 Å². The third kappa shape index (κ3) is 4.50. The average Bonchev–Trinajstić information content (AvgIpc) is 2.85. The largest absolute Gasteiger partial charge is 0.356 e. The maximum atomic E-state index is 12.4. The van der Waals surface area contributed by atoms with Gasteiger partial charge in [-0.3, -0.25) is 14.3 Å². The molecule has 166 valence electrons. The van der Waals surface area contributed by atoms with E-state index in [1.165, 1.54) is 27.4 Å². The number of hydrogen-bond acceptors (Lipinski definition) is 5. The zero-order valence-electron chi connectivity index (χ0n) is 18.1. The molecule has 3 aromatic carbocycles. The Morgan fingerprint density at radius 3 is 2.30 bits per heavy atom. The van der Waals surface area contributed by atoms with Gasteiger partial charge in [0.2, 0.25) is 11.3 Å². The van der Waals surface area contributed by atoms with Crippen molar-refractivity contribution in [1.29, 1.82) is 0 Å². The van der Waals surface area contributed by atoms with E-state index in [0.29, 0.717) is 24.9 Å². The van der Waals surface area contributed by atoms with Crippen LogP contribution < -0.4 is 15.6 Å². The summed E-state index contributed by atoms with van der Waals surface area (Å²) in [6.45, 7) is 1.85. The van der Waals surface area contributed by atoms with Crippen molar-refractivity contribution in [2.75, 3.05) is 18.0 Å². The predicted octanol–water partition coefficient (Wildman–Crippen LogP) is 4.60. The Morgan fingerprint density at radius 2 is 1.55 bits per heavy atom. The molecule has 0 saturated heterocycles. The number of anilines is 2. The lowest BCUT2D eigenvalue weighted by Crippen LogP contribution is -2.29. The second kappa shape index (κ2) is 9.50. The Balaban J connectivity index is 1.17. The van der Waals surface area contributed by atoms with Gasteiger partial charge in [-0.2, -0.15) is 5.10 Å². The van der Waals surface area contributed by atoms with Crippen LogP contribution in [-0.2, 0) is 11.3 Å². The molecule has 1 amide bonds. The van der Waals surface area contributed by atoms with E-state index < -0.39 is 0 Å². The minimum atomic E-state index is -0.106. The summed E-state index contributed by atoms with van der Waals surface area (Å²) in [5.74, 6) is -0.0189. The Bertz CT molecular complexity index is 1320. The van der Waals surface area contributed by atoms with Crippen LogP contribution in [0.15, 0.2) is 93.6 Å². The summed E-state index contributed by atoms with van der Waals surface area (Å²) in [6, 6.07) is 24.2. The number of carbonyl (C=O) groups excluding carboxylic acids is 1. The molecule has 33 heavy (non-hydrogen) atoms. The maximum absolute atomic E-state index is 12.4. The van der Waals surface area contributed by atoms with E-state index in [1.54, 1.807) is 22.5 Å². The zero-order chi connectivity index (χ0) is 22.6. The van der Waals surface area contributed by atoms with Crippen LogP contribution in [0.25, 0.3) is 10.9 Å². The van der Waals surface area contributed by atoms with Crippen LogP contribution in [0.1, 0.15) is 12.8 Å². The van der Waals surface area contributed by atoms with E-state index in [1.807, 2.05) is 18.2 Å². The molecule has 0 aliphatic carbocycles. The highest BCUT2D eigenvalue weighted by molar-refractivity contribution is 7.99. The van der Waals surface area contributed by atoms with Crippen molar-refractivity contribution < 1.29 is 4.79 Å². The molecule has 1 aliphatic rings. The first-order valence-electron chi connectivity index (χ1n) is 11.1. The molecule has 0 spiro atoms. The van der Waals surface area contributed by atoms with E-state index in [-0.39, 0.29) is 11.3 Å². The quantitative estimate of drug-likeness (QED) is 0.412. The highest BCUT2D eigenvalue weighted by Gasteiger charge is 2.22. The summed E-state index contributed by atoms with van der Waals surface area (Å²) in [5.41, 5.74) is 3.07. The molecule has 0 radical (unpaired) electrons. The molecule has 7 heteroatoms. The zero-order valence-corrected chi connectivity index (χ0v) is 18.9. The average molecular weight is 457 g/mol. The molecule has 4 aromatic rings. The van der Waals surface area contributed by atoms with Crippen LogP contribution in [0.5, 0.6) is 0 Å². The molecule has 0 saturated carbocycles. The first kappa shape index (κ1) is 21.3. The lowest BCUT2D eigenvalue weighted by atomic mass is 10.2. The van der Waals surface area contributed by atoms with E-state index >= 15 is 0 Å². The van der Waals surface area contributed by atoms with Crippen LogP contribution >= 0.6 is 11.8 Å². The van der Waals surface area contributed by atoms with Crippen LogP contribution in [0.4, 0.5) is 11.4 Å². The molecule has 5 rings (SSSR count). The number of nitrogens with zero attached hydrogens (tertiary/aromatic N) is 3. The van der Waals surface area contributed by atoms with Crippen molar-refractivity contribution in [3.8, 4) is 0 Å². The number of nitrogens with one attached hydrogen (secondary N) is 1. The first-order chi connectivity index (χ1) is 16.2. The summed E-state index contributed by atoms with van der Waals surface area (Å²) >= 11 is 1.80. The topological polar surface area (TPSA) is 67.2 Å². The molecule has 1 N–H and O–H groups in total. The SMILES string of the molecule is O=C(CCn1ncc(=O)c2ccccc21)NCCCN1c2ccccc2Sc2ccccc21. The van der Waals surface area contributed by atoms with Crippen molar-refractivity contribution >= 4 is 39.9 Å². The summed E-state index contributed by atoms with van der Waals surface area (Å²) in [6.07, 6.45) is 2.46. The Labute approximate surface area is 196 Å². The van der Waals surface area contributed by atoms with Crippen molar-refractivity contribution in [1.82, 2.24) is 15.1 Å². The Kier molecular flexibility index (Phi) is 6.13. The molecule has 0 atom stereocenters. The van der Waals surface area contributed by atoms with Gasteiger partial charge in [-0.15, -0.1) is 0 Å². The van der Waals surface area contributed by atoms with Crippen LogP contribution in [-0.4, -0.2) is 28.8 Å². The predicted molar refractivity (Wildman–Crippen MR) is 132 cm³/mol. The molecule has 2 heterocycles. The molecule has 1 aromatic heterocycles. The number of aromatic nitrogens is 2. The van der Waals surface area contributed by atoms with Gasteiger partial charge in [0, 0.05) is 34.7 Å². The number of rotatable bonds is 7. The van der Waals surface area contributed by atoms with Crippen molar-refractivity contribution in [2.24, 2.45) is 0 Å². The number of para-hydroxylation sites is 3. The summed E-state index contributed by atoms with van der Waals surface area (Å²) in [4.78, 5) is 29.2. The Hall–Kier alpha value is -3.58. The third-order valence-electron chi connectivity index (χ3n) is 5.73. The monoisotopic (exact) mass is 456 g/mol. The van der Waals surface area contributed by atoms with E-state index in [9.17, 15) is 9.59 Å². The van der Waals surface area contributed by atoms with E-state index in [2.05, 4.69) is 63.8 Å². The fourth-order valence-electron chi connectivity index (χ4n) is 4.12. The summed E-state index contributed by atoms with van der Waals surface area (Å²) < 4.78 is 1.72. The smallest absolute Gasteiger partial charge is 0.221 e.